The molecule has 7 nitrogen and oxygen atoms in total. The third kappa shape index (κ3) is 4.43. The predicted octanol–water partition coefficient (Wildman–Crippen LogP) is 0.971. The maximum absolute atomic E-state index is 11.1. The second-order valence-electron chi connectivity index (χ2n) is 4.49. The number of anilines is 1. The highest BCUT2D eigenvalue weighted by Gasteiger charge is 2.19. The fourth-order valence-corrected chi connectivity index (χ4v) is 1.83. The minimum Gasteiger partial charge on any atom is -0.477 e. The number of hydrogen-bond acceptors (Lipinski definition) is 6. The monoisotopic (exact) mass is 283 g/mol. The van der Waals surface area contributed by atoms with Crippen LogP contribution in [0.1, 0.15) is 23.1 Å². The average Bonchev–Trinajstić information content (AvgIpc) is 2.38. The molecule has 0 radical (unpaired) electrons. The van der Waals surface area contributed by atoms with Crippen LogP contribution in [0.15, 0.2) is 6.07 Å². The average molecular weight is 283 g/mol. The molecule has 0 spiro atoms. The van der Waals surface area contributed by atoms with E-state index in [2.05, 4.69) is 9.97 Å². The fourth-order valence-electron chi connectivity index (χ4n) is 1.83. The molecular formula is C13H21N3O4. The number of carbonyl (C=O) groups is 1. The highest BCUT2D eigenvalue weighted by Crippen LogP contribution is 2.14. The van der Waals surface area contributed by atoms with E-state index in [1.807, 2.05) is 11.8 Å². The first-order valence-corrected chi connectivity index (χ1v) is 6.33. The van der Waals surface area contributed by atoms with Crippen molar-refractivity contribution in [1.82, 2.24) is 9.97 Å². The van der Waals surface area contributed by atoms with Crippen LogP contribution in [0, 0.1) is 6.92 Å². The zero-order valence-electron chi connectivity index (χ0n) is 12.3. The number of aromatic nitrogens is 2. The Labute approximate surface area is 118 Å². The summed E-state index contributed by atoms with van der Waals surface area (Å²) in [5.41, 5.74) is 0.596. The van der Waals surface area contributed by atoms with Crippen molar-refractivity contribution < 1.29 is 19.4 Å². The number of ether oxygens (including phenoxy) is 2. The first kappa shape index (κ1) is 16.3. The van der Waals surface area contributed by atoms with Gasteiger partial charge in [0.1, 0.15) is 0 Å². The summed E-state index contributed by atoms with van der Waals surface area (Å²) in [7, 11) is 3.23. The Balaban J connectivity index is 3.08. The largest absolute Gasteiger partial charge is 0.477 e. The van der Waals surface area contributed by atoms with Gasteiger partial charge in [0.25, 0.3) is 0 Å². The van der Waals surface area contributed by atoms with Gasteiger partial charge < -0.3 is 19.5 Å². The Kier molecular flexibility index (Phi) is 6.33. The molecule has 1 heterocycles. The normalized spacial score (nSPS) is 12.2. The molecule has 7 heteroatoms. The summed E-state index contributed by atoms with van der Waals surface area (Å²) in [5, 5.41) is 9.08. The Morgan fingerprint density at radius 2 is 2.10 bits per heavy atom. The van der Waals surface area contributed by atoms with Crippen LogP contribution in [-0.2, 0) is 9.47 Å². The number of nitrogens with zero attached hydrogens (tertiary/aromatic N) is 3. The van der Waals surface area contributed by atoms with Gasteiger partial charge in [0.2, 0.25) is 5.95 Å². The van der Waals surface area contributed by atoms with E-state index in [0.717, 1.165) is 0 Å². The van der Waals surface area contributed by atoms with Gasteiger partial charge in [0.05, 0.1) is 19.3 Å². The van der Waals surface area contributed by atoms with Crippen molar-refractivity contribution in [1.29, 1.82) is 0 Å². The van der Waals surface area contributed by atoms with Crippen LogP contribution in [0.4, 0.5) is 5.95 Å². The summed E-state index contributed by atoms with van der Waals surface area (Å²) >= 11 is 0. The number of rotatable bonds is 8. The molecule has 1 rings (SSSR count). The standard InChI is InChI=1S/C13H21N3O4/c1-9-7-11(12(17)18)15-13(14-9)16(5-6-19-3)10(2)8-20-4/h7,10H,5-6,8H2,1-4H3,(H,17,18). The minimum absolute atomic E-state index is 0.0126. The molecule has 20 heavy (non-hydrogen) atoms. The lowest BCUT2D eigenvalue weighted by molar-refractivity contribution is 0.0690. The lowest BCUT2D eigenvalue weighted by Crippen LogP contribution is -2.40. The number of aryl methyl sites for hydroxylation is 1. The molecule has 0 aliphatic heterocycles. The summed E-state index contributed by atoms with van der Waals surface area (Å²) in [6.07, 6.45) is 0. The third-order valence-corrected chi connectivity index (χ3v) is 2.79. The highest BCUT2D eigenvalue weighted by atomic mass is 16.5. The van der Waals surface area contributed by atoms with E-state index in [9.17, 15) is 4.79 Å². The molecule has 0 aliphatic carbocycles. The van der Waals surface area contributed by atoms with Crippen molar-refractivity contribution in [2.24, 2.45) is 0 Å². The second kappa shape index (κ2) is 7.76. The van der Waals surface area contributed by atoms with Crippen LogP contribution in [0.5, 0.6) is 0 Å². The van der Waals surface area contributed by atoms with E-state index >= 15 is 0 Å². The fraction of sp³-hybridized carbons (Fsp3) is 0.615. The van der Waals surface area contributed by atoms with Crippen molar-refractivity contribution >= 4 is 11.9 Å². The van der Waals surface area contributed by atoms with Gasteiger partial charge in [-0.05, 0) is 19.9 Å². The molecular weight excluding hydrogens is 262 g/mol. The van der Waals surface area contributed by atoms with E-state index < -0.39 is 5.97 Å². The maximum atomic E-state index is 11.1. The molecule has 0 amide bonds. The molecule has 1 atom stereocenters. The van der Waals surface area contributed by atoms with E-state index in [-0.39, 0.29) is 11.7 Å². The van der Waals surface area contributed by atoms with E-state index in [4.69, 9.17) is 14.6 Å². The molecule has 0 aromatic carbocycles. The number of carboxylic acid groups (broad SMARTS) is 1. The summed E-state index contributed by atoms with van der Waals surface area (Å²) in [4.78, 5) is 21.4. The summed E-state index contributed by atoms with van der Waals surface area (Å²) in [5.74, 6) is -0.688. The minimum atomic E-state index is -1.07. The summed E-state index contributed by atoms with van der Waals surface area (Å²) in [6, 6.07) is 1.46. The molecule has 1 aromatic rings. The Hall–Kier alpha value is -1.73. The van der Waals surface area contributed by atoms with Gasteiger partial charge in [-0.25, -0.2) is 14.8 Å². The van der Waals surface area contributed by atoms with Gasteiger partial charge in [-0.3, -0.25) is 0 Å². The van der Waals surface area contributed by atoms with Crippen LogP contribution in [-0.4, -0.2) is 61.1 Å². The molecule has 1 N–H and O–H groups in total. The van der Waals surface area contributed by atoms with Gasteiger partial charge in [-0.2, -0.15) is 0 Å². The van der Waals surface area contributed by atoms with Gasteiger partial charge in [0, 0.05) is 26.5 Å². The Morgan fingerprint density at radius 1 is 1.40 bits per heavy atom. The zero-order chi connectivity index (χ0) is 15.1. The van der Waals surface area contributed by atoms with Crippen molar-refractivity contribution in [2.45, 2.75) is 19.9 Å². The first-order chi connectivity index (χ1) is 9.49. The highest BCUT2D eigenvalue weighted by molar-refractivity contribution is 5.85. The van der Waals surface area contributed by atoms with E-state index in [1.54, 1.807) is 21.1 Å². The van der Waals surface area contributed by atoms with Crippen LogP contribution < -0.4 is 4.90 Å². The van der Waals surface area contributed by atoms with Crippen LogP contribution in [0.3, 0.4) is 0 Å². The second-order valence-corrected chi connectivity index (χ2v) is 4.49. The number of aromatic carboxylic acids is 1. The SMILES string of the molecule is COCCN(c1nc(C)cc(C(=O)O)n1)C(C)COC. The van der Waals surface area contributed by atoms with Gasteiger partial charge in [-0.1, -0.05) is 0 Å². The lowest BCUT2D eigenvalue weighted by Gasteiger charge is -2.28. The molecule has 1 unspecified atom stereocenters. The van der Waals surface area contributed by atoms with Crippen LogP contribution >= 0.6 is 0 Å². The van der Waals surface area contributed by atoms with Crippen molar-refractivity contribution in [3.8, 4) is 0 Å². The van der Waals surface area contributed by atoms with Gasteiger partial charge >= 0.3 is 5.97 Å². The first-order valence-electron chi connectivity index (χ1n) is 6.33. The van der Waals surface area contributed by atoms with Crippen molar-refractivity contribution in [2.75, 3.05) is 38.9 Å². The van der Waals surface area contributed by atoms with Gasteiger partial charge in [-0.15, -0.1) is 0 Å². The molecule has 0 bridgehead atoms. The number of methoxy groups -OCH3 is 2. The van der Waals surface area contributed by atoms with E-state index in [0.29, 0.717) is 31.4 Å². The summed E-state index contributed by atoms with van der Waals surface area (Å²) < 4.78 is 10.2. The molecule has 0 saturated carbocycles. The van der Waals surface area contributed by atoms with Gasteiger partial charge in [0.15, 0.2) is 5.69 Å². The Bertz CT molecular complexity index is 453. The molecule has 0 aliphatic rings. The summed E-state index contributed by atoms with van der Waals surface area (Å²) in [6.45, 7) is 5.25. The molecule has 0 saturated heterocycles. The molecule has 0 fully saturated rings. The molecule has 112 valence electrons. The van der Waals surface area contributed by atoms with Crippen molar-refractivity contribution in [3.05, 3.63) is 17.5 Å². The van der Waals surface area contributed by atoms with E-state index in [1.165, 1.54) is 6.07 Å². The number of carboxylic acids is 1. The lowest BCUT2D eigenvalue weighted by atomic mass is 10.3. The van der Waals surface area contributed by atoms with Crippen LogP contribution in [0.25, 0.3) is 0 Å². The Morgan fingerprint density at radius 3 is 2.65 bits per heavy atom. The van der Waals surface area contributed by atoms with Crippen LogP contribution in [0.2, 0.25) is 0 Å². The molecule has 1 aromatic heterocycles. The smallest absolute Gasteiger partial charge is 0.354 e. The predicted molar refractivity (Wildman–Crippen MR) is 74.3 cm³/mol. The zero-order valence-corrected chi connectivity index (χ0v) is 12.3. The third-order valence-electron chi connectivity index (χ3n) is 2.79. The maximum Gasteiger partial charge on any atom is 0.354 e. The topological polar surface area (TPSA) is 84.8 Å². The quantitative estimate of drug-likeness (QED) is 0.761. The van der Waals surface area contributed by atoms with Crippen molar-refractivity contribution in [3.63, 3.8) is 0 Å². The number of hydrogen-bond donors (Lipinski definition) is 1.